The maximum atomic E-state index is 11.0. The summed E-state index contributed by atoms with van der Waals surface area (Å²) in [5, 5.41) is 14.1. The molecule has 0 aliphatic carbocycles. The minimum absolute atomic E-state index is 0.116. The van der Waals surface area contributed by atoms with Crippen molar-refractivity contribution in [3.63, 3.8) is 0 Å². The van der Waals surface area contributed by atoms with Crippen molar-refractivity contribution in [3.05, 3.63) is 54.7 Å². The smallest absolute Gasteiger partial charge is 0.292 e. The molecule has 0 amide bonds. The third-order valence-corrected chi connectivity index (χ3v) is 4.14. The number of hydrogen-bond acceptors (Lipinski definition) is 4. The molecule has 0 spiro atoms. The molecule has 4 nitrogen and oxygen atoms in total. The van der Waals surface area contributed by atoms with Gasteiger partial charge in [-0.1, -0.05) is 12.1 Å². The number of para-hydroxylation sites is 1. The molecule has 0 fully saturated rings. The summed E-state index contributed by atoms with van der Waals surface area (Å²) in [7, 11) is 0. The van der Waals surface area contributed by atoms with Crippen LogP contribution in [0.4, 0.5) is 11.4 Å². The van der Waals surface area contributed by atoms with E-state index in [1.165, 1.54) is 6.07 Å². The van der Waals surface area contributed by atoms with E-state index in [0.717, 1.165) is 14.2 Å². The summed E-state index contributed by atoms with van der Waals surface area (Å²) in [6, 6.07) is 9.03. The summed E-state index contributed by atoms with van der Waals surface area (Å²) in [6.07, 6.45) is 0. The number of anilines is 1. The monoisotopic (exact) mass is 326 g/mol. The van der Waals surface area contributed by atoms with Crippen molar-refractivity contribution in [1.82, 2.24) is 0 Å². The highest BCUT2D eigenvalue weighted by atomic mass is 79.9. The molecule has 1 N–H and O–H groups in total. The van der Waals surface area contributed by atoms with E-state index in [2.05, 4.69) is 21.2 Å². The van der Waals surface area contributed by atoms with Crippen LogP contribution in [-0.2, 0) is 6.54 Å². The van der Waals surface area contributed by atoms with Crippen LogP contribution < -0.4 is 5.32 Å². The molecule has 94 valence electrons. The van der Waals surface area contributed by atoms with Crippen LogP contribution >= 0.6 is 27.3 Å². The second kappa shape index (κ2) is 5.49. The molecule has 0 bridgehead atoms. The predicted octanol–water partition coefficient (Wildman–Crippen LogP) is 4.34. The molecule has 0 unspecified atom stereocenters. The lowest BCUT2D eigenvalue weighted by Crippen LogP contribution is -2.03. The molecule has 18 heavy (non-hydrogen) atoms. The Hall–Kier alpha value is -1.40. The maximum Gasteiger partial charge on any atom is 0.292 e. The van der Waals surface area contributed by atoms with Crippen molar-refractivity contribution in [2.45, 2.75) is 13.5 Å². The molecular weight excluding hydrogens is 316 g/mol. The third-order valence-electron chi connectivity index (χ3n) is 2.52. The van der Waals surface area contributed by atoms with Crippen LogP contribution in [-0.4, -0.2) is 4.92 Å². The number of nitro benzene ring substituents is 1. The van der Waals surface area contributed by atoms with Gasteiger partial charge in [0, 0.05) is 17.5 Å². The topological polar surface area (TPSA) is 55.2 Å². The lowest BCUT2D eigenvalue weighted by atomic mass is 10.1. The number of aryl methyl sites for hydroxylation is 1. The summed E-state index contributed by atoms with van der Waals surface area (Å²) in [5.41, 5.74) is 1.58. The summed E-state index contributed by atoms with van der Waals surface area (Å²) in [5.74, 6) is 0. The molecule has 0 atom stereocenters. The number of benzene rings is 1. The highest BCUT2D eigenvalue weighted by Crippen LogP contribution is 2.29. The number of nitrogens with one attached hydrogen (secondary N) is 1. The van der Waals surface area contributed by atoms with Gasteiger partial charge in [-0.25, -0.2) is 0 Å². The molecule has 6 heteroatoms. The number of thiophene rings is 1. The number of nitrogens with zero attached hydrogens (tertiary/aromatic N) is 1. The molecule has 1 aromatic heterocycles. The lowest BCUT2D eigenvalue weighted by Gasteiger charge is -2.08. The number of rotatable bonds is 4. The third kappa shape index (κ3) is 2.88. The fourth-order valence-corrected chi connectivity index (χ4v) is 3.08. The number of halogens is 1. The van der Waals surface area contributed by atoms with Gasteiger partial charge in [0.05, 0.1) is 8.71 Å². The first kappa shape index (κ1) is 13.0. The largest absolute Gasteiger partial charge is 0.374 e. The molecule has 1 aromatic carbocycles. The van der Waals surface area contributed by atoms with E-state index in [0.29, 0.717) is 12.2 Å². The van der Waals surface area contributed by atoms with Gasteiger partial charge in [0.15, 0.2) is 0 Å². The van der Waals surface area contributed by atoms with Gasteiger partial charge in [-0.2, -0.15) is 0 Å². The highest BCUT2D eigenvalue weighted by Gasteiger charge is 2.15. The zero-order valence-electron chi connectivity index (χ0n) is 9.64. The van der Waals surface area contributed by atoms with Crippen molar-refractivity contribution in [2.75, 3.05) is 5.32 Å². The Labute approximate surface area is 117 Å². The minimum Gasteiger partial charge on any atom is -0.374 e. The standard InChI is InChI=1S/C12H11BrN2O2S/c1-8-3-2-4-10(15(16)17)12(8)14-7-9-5-6-11(13)18-9/h2-6,14H,7H2,1H3. The van der Waals surface area contributed by atoms with Gasteiger partial charge in [0.1, 0.15) is 5.69 Å². The first-order chi connectivity index (χ1) is 8.58. The highest BCUT2D eigenvalue weighted by molar-refractivity contribution is 9.11. The number of nitro groups is 1. The Morgan fingerprint density at radius 1 is 1.39 bits per heavy atom. The van der Waals surface area contributed by atoms with Crippen LogP contribution in [0.2, 0.25) is 0 Å². The van der Waals surface area contributed by atoms with Crippen LogP contribution in [0.25, 0.3) is 0 Å². The van der Waals surface area contributed by atoms with E-state index in [1.54, 1.807) is 17.4 Å². The van der Waals surface area contributed by atoms with Crippen LogP contribution in [0.5, 0.6) is 0 Å². The zero-order valence-corrected chi connectivity index (χ0v) is 12.0. The Morgan fingerprint density at radius 2 is 2.17 bits per heavy atom. The van der Waals surface area contributed by atoms with Crippen LogP contribution in [0.15, 0.2) is 34.1 Å². The molecule has 0 saturated heterocycles. The molecule has 0 saturated carbocycles. The van der Waals surface area contributed by atoms with Crippen molar-refractivity contribution < 1.29 is 4.92 Å². The summed E-state index contributed by atoms with van der Waals surface area (Å²) in [6.45, 7) is 2.45. The van der Waals surface area contributed by atoms with Gasteiger partial charge < -0.3 is 5.32 Å². The van der Waals surface area contributed by atoms with Gasteiger partial charge in [0.2, 0.25) is 0 Å². The second-order valence-corrected chi connectivity index (χ2v) is 6.33. The fourth-order valence-electron chi connectivity index (χ4n) is 1.66. The normalized spacial score (nSPS) is 10.3. The summed E-state index contributed by atoms with van der Waals surface area (Å²) < 4.78 is 1.05. The SMILES string of the molecule is Cc1cccc([N+](=O)[O-])c1NCc1ccc(Br)s1. The predicted molar refractivity (Wildman–Crippen MR) is 77.2 cm³/mol. The average molecular weight is 327 g/mol. The van der Waals surface area contributed by atoms with E-state index < -0.39 is 0 Å². The van der Waals surface area contributed by atoms with Gasteiger partial charge in [-0.15, -0.1) is 11.3 Å². The van der Waals surface area contributed by atoms with Gasteiger partial charge >= 0.3 is 0 Å². The van der Waals surface area contributed by atoms with Gasteiger partial charge in [0.25, 0.3) is 5.69 Å². The molecule has 1 heterocycles. The first-order valence-electron chi connectivity index (χ1n) is 5.30. The molecule has 2 aromatic rings. The van der Waals surface area contributed by atoms with Gasteiger partial charge in [-0.3, -0.25) is 10.1 Å². The fraction of sp³-hybridized carbons (Fsp3) is 0.167. The van der Waals surface area contributed by atoms with Crippen LogP contribution in [0, 0.1) is 17.0 Å². The van der Waals surface area contributed by atoms with E-state index in [1.807, 2.05) is 25.1 Å². The van der Waals surface area contributed by atoms with Crippen molar-refractivity contribution >= 4 is 38.6 Å². The van der Waals surface area contributed by atoms with E-state index >= 15 is 0 Å². The molecular formula is C12H11BrN2O2S. The Bertz CT molecular complexity index is 583. The Balaban J connectivity index is 2.20. The van der Waals surface area contributed by atoms with Gasteiger partial charge in [-0.05, 0) is 40.5 Å². The van der Waals surface area contributed by atoms with E-state index in [9.17, 15) is 10.1 Å². The first-order valence-corrected chi connectivity index (χ1v) is 6.91. The quantitative estimate of drug-likeness (QED) is 0.671. The summed E-state index contributed by atoms with van der Waals surface area (Å²) in [4.78, 5) is 11.7. The van der Waals surface area contributed by atoms with Crippen LogP contribution in [0.3, 0.4) is 0 Å². The molecule has 0 aliphatic heterocycles. The maximum absolute atomic E-state index is 11.0. The Morgan fingerprint density at radius 3 is 2.78 bits per heavy atom. The van der Waals surface area contributed by atoms with E-state index in [4.69, 9.17) is 0 Å². The van der Waals surface area contributed by atoms with E-state index in [-0.39, 0.29) is 10.6 Å². The van der Waals surface area contributed by atoms with Crippen LogP contribution in [0.1, 0.15) is 10.4 Å². The number of hydrogen-bond donors (Lipinski definition) is 1. The van der Waals surface area contributed by atoms with Crippen molar-refractivity contribution in [3.8, 4) is 0 Å². The van der Waals surface area contributed by atoms with Crippen molar-refractivity contribution in [1.29, 1.82) is 0 Å². The molecule has 2 rings (SSSR count). The summed E-state index contributed by atoms with van der Waals surface area (Å²) >= 11 is 5.00. The zero-order chi connectivity index (χ0) is 13.1. The minimum atomic E-state index is -0.361. The lowest BCUT2D eigenvalue weighted by molar-refractivity contribution is -0.384. The Kier molecular flexibility index (Phi) is 3.98. The van der Waals surface area contributed by atoms with Crippen molar-refractivity contribution in [2.24, 2.45) is 0 Å². The average Bonchev–Trinajstić information content (AvgIpc) is 2.73. The molecule has 0 aliphatic rings. The second-order valence-electron chi connectivity index (χ2n) is 3.79. The molecule has 0 radical (unpaired) electrons.